The van der Waals surface area contributed by atoms with Crippen LogP contribution in [0.3, 0.4) is 0 Å². The Morgan fingerprint density at radius 1 is 0.435 bits per heavy atom. The number of hydrogen-bond donors (Lipinski definition) is 1. The monoisotopic (exact) mass is 955 g/mol. The molecule has 0 aliphatic rings. The van der Waals surface area contributed by atoms with E-state index in [-0.39, 0.29) is 0 Å². The molecule has 2 heterocycles. The highest BCUT2D eigenvalue weighted by atomic mass is 79.9. The van der Waals surface area contributed by atoms with Crippen LogP contribution in [0.25, 0.3) is 51.5 Å². The summed E-state index contributed by atoms with van der Waals surface area (Å²) in [5.74, 6) is 0.608. The fourth-order valence-corrected chi connectivity index (χ4v) is 8.91. The molecule has 0 saturated heterocycles. The van der Waals surface area contributed by atoms with Crippen LogP contribution in [0.5, 0.6) is 5.75 Å². The number of hydrogen-bond acceptors (Lipinski definition) is 4. The minimum absolute atomic E-state index is 0.608. The van der Waals surface area contributed by atoms with Crippen LogP contribution in [0.1, 0.15) is 0 Å². The number of halogens is 5. The van der Waals surface area contributed by atoms with Crippen molar-refractivity contribution in [2.45, 2.75) is 0 Å². The van der Waals surface area contributed by atoms with Crippen molar-refractivity contribution in [3.8, 4) is 16.9 Å². The molecule has 46 heavy (non-hydrogen) atoms. The molecule has 0 saturated carbocycles. The van der Waals surface area contributed by atoms with Crippen LogP contribution >= 0.6 is 102 Å². The molecule has 0 aliphatic carbocycles. The predicted octanol–water partition coefficient (Wildman–Crippen LogP) is 14.2. The molecule has 0 bridgehead atoms. The van der Waals surface area contributed by atoms with Crippen LogP contribution < -0.4 is 4.65 Å². The molecule has 1 radical (unpaired) electrons. The van der Waals surface area contributed by atoms with E-state index in [1.807, 2.05) is 34.8 Å². The van der Waals surface area contributed by atoms with Gasteiger partial charge in [-0.2, -0.15) is 0 Å². The molecular formula is C36H21BBr5O2S2. The molecule has 8 aromatic rings. The van der Waals surface area contributed by atoms with E-state index in [4.69, 9.17) is 5.02 Å². The van der Waals surface area contributed by atoms with E-state index in [1.165, 1.54) is 51.5 Å². The number of benzene rings is 6. The van der Waals surface area contributed by atoms with Crippen LogP contribution in [0.4, 0.5) is 0 Å². The molecule has 0 amide bonds. The van der Waals surface area contributed by atoms with E-state index in [9.17, 15) is 0 Å². The van der Waals surface area contributed by atoms with Gasteiger partial charge in [-0.15, -0.1) is 22.7 Å². The van der Waals surface area contributed by atoms with Crippen LogP contribution in [0.15, 0.2) is 144 Å². The van der Waals surface area contributed by atoms with Gasteiger partial charge in [0.15, 0.2) is 0 Å². The number of fused-ring (bicyclic) bond motifs is 6. The molecule has 0 aliphatic heterocycles. The maximum absolute atomic E-state index is 8.25. The summed E-state index contributed by atoms with van der Waals surface area (Å²) in [6.45, 7) is 0. The van der Waals surface area contributed by atoms with E-state index in [2.05, 4.69) is 181 Å². The Morgan fingerprint density at radius 2 is 0.848 bits per heavy atom. The third kappa shape index (κ3) is 8.16. The highest BCUT2D eigenvalue weighted by molar-refractivity contribution is 9.11. The lowest BCUT2D eigenvalue weighted by Crippen LogP contribution is -1.98. The van der Waals surface area contributed by atoms with Gasteiger partial charge in [0.2, 0.25) is 0 Å². The number of rotatable bonds is 3. The van der Waals surface area contributed by atoms with E-state index >= 15 is 0 Å². The minimum atomic E-state index is 0.608. The third-order valence-electron chi connectivity index (χ3n) is 6.97. The van der Waals surface area contributed by atoms with Gasteiger partial charge >= 0.3 is 7.69 Å². The molecule has 227 valence electrons. The van der Waals surface area contributed by atoms with Crippen molar-refractivity contribution >= 4 is 150 Å². The summed E-state index contributed by atoms with van der Waals surface area (Å²) >= 11 is 21.1. The fraction of sp³-hybridized carbons (Fsp3) is 0. The smallest absolute Gasteiger partial charge is 0.537 e. The predicted molar refractivity (Wildman–Crippen MR) is 218 cm³/mol. The standard InChI is InChI=1S/C18H10Br2S.C12H6Br2S.C6H5BBrO2/c19-13-3-1-2-11(8-13)12-4-6-17-15(9-12)16-10-14(20)5-7-18(16)21-17;13-7-1-3-11-9(5-7)10-6-8(14)2-4-12(10)15-11;8-5-2-1-3-6(4-5)10-7-9/h1-10H;1-6H;1-4,9H. The SMILES string of the molecule is Brc1ccc2sc3ccc(Br)cc3c2c1.Brc1cccc(-c2ccc3sc4ccc(Br)cc4c3c2)c1.O[B]Oc1cccc(Br)c1. The van der Waals surface area contributed by atoms with Crippen molar-refractivity contribution in [3.63, 3.8) is 0 Å². The molecule has 2 aromatic heterocycles. The topological polar surface area (TPSA) is 29.5 Å². The Labute approximate surface area is 317 Å². The second-order valence-electron chi connectivity index (χ2n) is 10.0. The van der Waals surface area contributed by atoms with Gasteiger partial charge in [0.25, 0.3) is 0 Å². The van der Waals surface area contributed by atoms with Crippen molar-refractivity contribution < 1.29 is 9.68 Å². The highest BCUT2D eigenvalue weighted by Crippen LogP contribution is 2.38. The second kappa shape index (κ2) is 15.5. The maximum atomic E-state index is 8.25. The first kappa shape index (κ1) is 33.9. The maximum Gasteiger partial charge on any atom is 0.569 e. The first-order chi connectivity index (χ1) is 22.3. The molecule has 0 unspecified atom stereocenters. The molecule has 10 heteroatoms. The van der Waals surface area contributed by atoms with Crippen molar-refractivity contribution in [2.24, 2.45) is 0 Å². The summed E-state index contributed by atoms with van der Waals surface area (Å²) in [5, 5.41) is 13.5. The summed E-state index contributed by atoms with van der Waals surface area (Å²) in [7, 11) is 0.655. The van der Waals surface area contributed by atoms with Gasteiger partial charge in [0, 0.05) is 62.7 Å². The quantitative estimate of drug-likeness (QED) is 0.179. The van der Waals surface area contributed by atoms with Gasteiger partial charge < -0.3 is 9.68 Å². The average molecular weight is 960 g/mol. The second-order valence-corrected chi connectivity index (χ2v) is 16.8. The molecular weight excluding hydrogens is 939 g/mol. The Kier molecular flexibility index (Phi) is 11.4. The fourth-order valence-electron chi connectivity index (χ4n) is 4.92. The molecule has 1 N–H and O–H groups in total. The lowest BCUT2D eigenvalue weighted by Gasteiger charge is -2.03. The van der Waals surface area contributed by atoms with Crippen molar-refractivity contribution in [1.82, 2.24) is 0 Å². The molecule has 2 nitrogen and oxygen atoms in total. The summed E-state index contributed by atoms with van der Waals surface area (Å²) in [4.78, 5) is 0. The summed E-state index contributed by atoms with van der Waals surface area (Å²) in [6.07, 6.45) is 0. The van der Waals surface area contributed by atoms with E-state index in [0.717, 1.165) is 22.4 Å². The van der Waals surface area contributed by atoms with Crippen molar-refractivity contribution in [2.75, 3.05) is 0 Å². The van der Waals surface area contributed by atoms with Crippen molar-refractivity contribution in [1.29, 1.82) is 0 Å². The minimum Gasteiger partial charge on any atom is -0.537 e. The van der Waals surface area contributed by atoms with Gasteiger partial charge in [-0.25, -0.2) is 0 Å². The van der Waals surface area contributed by atoms with Gasteiger partial charge in [0.1, 0.15) is 5.75 Å². The first-order valence-corrected chi connectivity index (χ1v) is 19.4. The zero-order valence-electron chi connectivity index (χ0n) is 23.7. The van der Waals surface area contributed by atoms with Crippen LogP contribution in [0.2, 0.25) is 0 Å². The lowest BCUT2D eigenvalue weighted by atomic mass is 10.0. The molecule has 8 rings (SSSR count). The average Bonchev–Trinajstić information content (AvgIpc) is 3.59. The van der Waals surface area contributed by atoms with Gasteiger partial charge in [-0.1, -0.05) is 104 Å². The van der Waals surface area contributed by atoms with Gasteiger partial charge in [0.05, 0.1) is 0 Å². The molecule has 0 spiro atoms. The lowest BCUT2D eigenvalue weighted by molar-refractivity contribution is 0.453. The van der Waals surface area contributed by atoms with Gasteiger partial charge in [-0.05, 0) is 108 Å². The molecule has 0 atom stereocenters. The Morgan fingerprint density at radius 3 is 1.33 bits per heavy atom. The molecule has 6 aromatic carbocycles. The van der Waals surface area contributed by atoms with E-state index in [0.29, 0.717) is 13.4 Å². The molecule has 0 fully saturated rings. The number of thiophene rings is 2. The highest BCUT2D eigenvalue weighted by Gasteiger charge is 2.08. The Bertz CT molecular complexity index is 2260. The third-order valence-corrected chi connectivity index (χ3v) is 11.7. The normalized spacial score (nSPS) is 10.8. The van der Waals surface area contributed by atoms with Crippen LogP contribution in [0, 0.1) is 0 Å². The zero-order chi connectivity index (χ0) is 32.2. The summed E-state index contributed by atoms with van der Waals surface area (Å²) in [5.41, 5.74) is 2.49. The first-order valence-electron chi connectivity index (χ1n) is 13.8. The van der Waals surface area contributed by atoms with E-state index < -0.39 is 0 Å². The van der Waals surface area contributed by atoms with Crippen LogP contribution in [-0.2, 0) is 0 Å². The van der Waals surface area contributed by atoms with Crippen molar-refractivity contribution in [3.05, 3.63) is 144 Å². The summed E-state index contributed by atoms with van der Waals surface area (Å²) in [6, 6.07) is 41.7. The largest absolute Gasteiger partial charge is 0.569 e. The Balaban J connectivity index is 0.000000130. The van der Waals surface area contributed by atoms with E-state index in [1.54, 1.807) is 12.1 Å². The zero-order valence-corrected chi connectivity index (χ0v) is 33.2. The Hall–Kier alpha value is -2.02. The summed E-state index contributed by atoms with van der Waals surface area (Å²) < 4.78 is 15.5. The van der Waals surface area contributed by atoms with Crippen LogP contribution in [-0.4, -0.2) is 12.7 Å². The van der Waals surface area contributed by atoms with Gasteiger partial charge in [-0.3, -0.25) is 0 Å².